The van der Waals surface area contributed by atoms with E-state index in [1.165, 1.54) is 18.2 Å². The zero-order valence-electron chi connectivity index (χ0n) is 24.9. The summed E-state index contributed by atoms with van der Waals surface area (Å²) in [6.07, 6.45) is -1.68. The maximum absolute atomic E-state index is 12.8. The van der Waals surface area contributed by atoms with Crippen LogP contribution in [0.25, 0.3) is 0 Å². The topological polar surface area (TPSA) is 71.1 Å². The van der Waals surface area contributed by atoms with Crippen LogP contribution in [-0.2, 0) is 15.6 Å². The number of hydrogen-bond acceptors (Lipinski definition) is 6. The highest BCUT2D eigenvalue weighted by molar-refractivity contribution is 9.11. The van der Waals surface area contributed by atoms with E-state index in [9.17, 15) is 9.59 Å². The first-order valence-electron chi connectivity index (χ1n) is 13.5. The Morgan fingerprint density at radius 3 is 1.32 bits per heavy atom. The lowest BCUT2D eigenvalue weighted by atomic mass is 9.78. The first-order chi connectivity index (χ1) is 20.6. The van der Waals surface area contributed by atoms with Gasteiger partial charge in [-0.3, -0.25) is 0 Å². The van der Waals surface area contributed by atoms with Gasteiger partial charge < -0.3 is 18.9 Å². The van der Waals surface area contributed by atoms with E-state index in [0.717, 1.165) is 16.7 Å². The van der Waals surface area contributed by atoms with E-state index in [2.05, 4.69) is 127 Å². The lowest BCUT2D eigenvalue weighted by Gasteiger charge is -2.28. The largest absolute Gasteiger partial charge is 0.519 e. The van der Waals surface area contributed by atoms with Gasteiger partial charge in [-0.05, 0) is 129 Å². The minimum absolute atomic E-state index is 0.219. The number of carbonyl (C=O) groups excluding carboxylic acids is 2. The van der Waals surface area contributed by atoms with Crippen LogP contribution in [0.15, 0.2) is 90.7 Å². The third kappa shape index (κ3) is 7.58. The summed E-state index contributed by atoms with van der Waals surface area (Å²) in [7, 11) is 1.25. The number of methoxy groups -OCH3 is 1. The molecule has 6 nitrogen and oxygen atoms in total. The van der Waals surface area contributed by atoms with Crippen molar-refractivity contribution >= 4 is 76.0 Å². The predicted molar refractivity (Wildman–Crippen MR) is 185 cm³/mol. The maximum atomic E-state index is 12.8. The van der Waals surface area contributed by atoms with Gasteiger partial charge in [0, 0.05) is 10.8 Å². The van der Waals surface area contributed by atoms with Gasteiger partial charge in [0.25, 0.3) is 0 Å². The second kappa shape index (κ2) is 13.8. The van der Waals surface area contributed by atoms with Crippen molar-refractivity contribution < 1.29 is 28.5 Å². The highest BCUT2D eigenvalue weighted by atomic mass is 79.9. The number of halogens is 4. The van der Waals surface area contributed by atoms with E-state index >= 15 is 0 Å². The fourth-order valence-electron chi connectivity index (χ4n) is 4.61. The van der Waals surface area contributed by atoms with Crippen molar-refractivity contribution in [3.8, 4) is 17.2 Å². The molecular weight excluding hydrogens is 824 g/mol. The summed E-state index contributed by atoms with van der Waals surface area (Å²) in [6, 6.07) is 23.4. The van der Waals surface area contributed by atoms with Crippen LogP contribution in [0.4, 0.5) is 9.59 Å². The van der Waals surface area contributed by atoms with Gasteiger partial charge in [0.15, 0.2) is 11.5 Å². The van der Waals surface area contributed by atoms with Gasteiger partial charge in [-0.2, -0.15) is 0 Å². The normalized spacial score (nSPS) is 11.6. The van der Waals surface area contributed by atoms with Crippen LogP contribution in [0, 0.1) is 6.92 Å². The number of rotatable bonds is 7. The molecule has 0 aliphatic rings. The van der Waals surface area contributed by atoms with Crippen molar-refractivity contribution in [2.45, 2.75) is 45.4 Å². The Morgan fingerprint density at radius 2 is 0.909 bits per heavy atom. The molecule has 0 atom stereocenters. The van der Waals surface area contributed by atoms with Crippen molar-refractivity contribution in [2.24, 2.45) is 0 Å². The minimum atomic E-state index is -0.863. The Hall–Kier alpha value is -2.66. The SMILES string of the molecule is COC(=O)Oc1c(Br)cc(C(C)(C)c2cc(Br)c(OC(=O)Oc3ccc(C(C)(C)c4ccc(C)cc4)cc3)c(Br)c2)cc1Br. The Morgan fingerprint density at radius 1 is 0.545 bits per heavy atom. The van der Waals surface area contributed by atoms with Gasteiger partial charge in [0.2, 0.25) is 0 Å². The van der Waals surface area contributed by atoms with E-state index in [0.29, 0.717) is 29.4 Å². The van der Waals surface area contributed by atoms with Gasteiger partial charge in [-0.25, -0.2) is 9.59 Å². The van der Waals surface area contributed by atoms with Crippen molar-refractivity contribution in [3.63, 3.8) is 0 Å². The Balaban J connectivity index is 1.49. The fraction of sp³-hybridized carbons (Fsp3) is 0.235. The molecule has 0 fully saturated rings. The Kier molecular flexibility index (Phi) is 10.7. The van der Waals surface area contributed by atoms with Crippen LogP contribution >= 0.6 is 63.7 Å². The molecule has 10 heteroatoms. The molecule has 44 heavy (non-hydrogen) atoms. The summed E-state index contributed by atoms with van der Waals surface area (Å²) in [6.45, 7) is 10.5. The van der Waals surface area contributed by atoms with E-state index in [4.69, 9.17) is 14.2 Å². The quantitative estimate of drug-likeness (QED) is 0.136. The Labute approximate surface area is 290 Å². The zero-order chi connectivity index (χ0) is 32.4. The maximum Gasteiger partial charge on any atom is 0.519 e. The molecule has 0 aliphatic carbocycles. The van der Waals surface area contributed by atoms with E-state index < -0.39 is 17.7 Å². The fourth-order valence-corrected chi connectivity index (χ4v) is 7.30. The summed E-state index contributed by atoms with van der Waals surface area (Å²) >= 11 is 14.1. The van der Waals surface area contributed by atoms with Crippen molar-refractivity contribution in [2.75, 3.05) is 7.11 Å². The summed E-state index contributed by atoms with van der Waals surface area (Å²) in [4.78, 5) is 24.4. The van der Waals surface area contributed by atoms with E-state index in [-0.39, 0.29) is 11.2 Å². The van der Waals surface area contributed by atoms with Crippen molar-refractivity contribution in [1.29, 1.82) is 0 Å². The number of hydrogen-bond donors (Lipinski definition) is 0. The molecule has 0 unspecified atom stereocenters. The molecule has 0 amide bonds. The van der Waals surface area contributed by atoms with Crippen LogP contribution in [0.3, 0.4) is 0 Å². The van der Waals surface area contributed by atoms with Gasteiger partial charge in [0.1, 0.15) is 5.75 Å². The monoisotopic (exact) mass is 850 g/mol. The molecule has 0 N–H and O–H groups in total. The van der Waals surface area contributed by atoms with E-state index in [1.807, 2.05) is 36.4 Å². The molecule has 0 aliphatic heterocycles. The van der Waals surface area contributed by atoms with E-state index in [1.54, 1.807) is 12.1 Å². The van der Waals surface area contributed by atoms with Gasteiger partial charge in [-0.1, -0.05) is 69.7 Å². The number of aryl methyl sites for hydroxylation is 1. The third-order valence-electron chi connectivity index (χ3n) is 7.53. The molecule has 0 bridgehead atoms. The number of ether oxygens (including phenoxy) is 4. The highest BCUT2D eigenvalue weighted by Crippen LogP contribution is 2.44. The van der Waals surface area contributed by atoms with Crippen LogP contribution in [0.2, 0.25) is 0 Å². The first kappa shape index (κ1) is 34.2. The van der Waals surface area contributed by atoms with Gasteiger partial charge in [-0.15, -0.1) is 0 Å². The summed E-state index contributed by atoms with van der Waals surface area (Å²) in [5.41, 5.74) is 4.62. The third-order valence-corrected chi connectivity index (χ3v) is 9.88. The smallest absolute Gasteiger partial charge is 0.437 e. The van der Waals surface area contributed by atoms with Crippen molar-refractivity contribution in [3.05, 3.63) is 119 Å². The first-order valence-corrected chi connectivity index (χ1v) is 16.6. The zero-order valence-corrected chi connectivity index (χ0v) is 31.2. The standard InChI is InChI=1S/C34H30Br4O6/c1-19-7-9-20(10-8-19)33(2,3)21-11-13-24(14-12-21)42-32(40)44-30-27(37)17-23(18-28(30)38)34(4,5)22-15-25(35)29(26(36)16-22)43-31(39)41-6/h7-18H,1-6H3. The van der Waals surface area contributed by atoms with Crippen LogP contribution in [0.5, 0.6) is 17.2 Å². The van der Waals surface area contributed by atoms with Crippen molar-refractivity contribution in [1.82, 2.24) is 0 Å². The molecular formula is C34H30Br4O6. The van der Waals surface area contributed by atoms with Crippen LogP contribution in [0.1, 0.15) is 55.5 Å². The summed E-state index contributed by atoms with van der Waals surface area (Å²) in [5, 5.41) is 0. The second-order valence-corrected chi connectivity index (χ2v) is 14.6. The number of carbonyl (C=O) groups is 2. The Bertz CT molecular complexity index is 1650. The molecule has 230 valence electrons. The van der Waals surface area contributed by atoms with Crippen LogP contribution < -0.4 is 14.2 Å². The molecule has 0 heterocycles. The highest BCUT2D eigenvalue weighted by Gasteiger charge is 2.29. The summed E-state index contributed by atoms with van der Waals surface area (Å²) in [5.74, 6) is 0.973. The molecule has 4 aromatic rings. The van der Waals surface area contributed by atoms with Gasteiger partial charge >= 0.3 is 12.3 Å². The molecule has 4 aromatic carbocycles. The lowest BCUT2D eigenvalue weighted by Crippen LogP contribution is -2.20. The average Bonchev–Trinajstić information content (AvgIpc) is 2.97. The van der Waals surface area contributed by atoms with Crippen LogP contribution in [-0.4, -0.2) is 19.4 Å². The molecule has 0 spiro atoms. The molecule has 0 saturated heterocycles. The minimum Gasteiger partial charge on any atom is -0.437 e. The molecule has 4 rings (SSSR count). The lowest BCUT2D eigenvalue weighted by molar-refractivity contribution is 0.121. The average molecular weight is 854 g/mol. The summed E-state index contributed by atoms with van der Waals surface area (Å²) < 4.78 is 23.2. The number of benzene rings is 4. The predicted octanol–water partition coefficient (Wildman–Crippen LogP) is 11.4. The molecule has 0 aromatic heterocycles. The van der Waals surface area contributed by atoms with Gasteiger partial charge in [0.05, 0.1) is 25.0 Å². The second-order valence-electron chi connectivity index (χ2n) is 11.2. The molecule has 0 saturated carbocycles. The molecule has 0 radical (unpaired) electrons.